The highest BCUT2D eigenvalue weighted by Gasteiger charge is 2.06. The van der Waals surface area contributed by atoms with Crippen molar-refractivity contribution in [2.24, 2.45) is 0 Å². The van der Waals surface area contributed by atoms with Crippen molar-refractivity contribution in [3.63, 3.8) is 0 Å². The molecule has 0 radical (unpaired) electrons. The number of pyridine rings is 1. The number of nitrogens with one attached hydrogen (secondary N) is 1. The van der Waals surface area contributed by atoms with Gasteiger partial charge in [-0.25, -0.2) is 4.79 Å². The van der Waals surface area contributed by atoms with E-state index in [-0.39, 0.29) is 18.0 Å². The van der Waals surface area contributed by atoms with E-state index in [4.69, 9.17) is 9.84 Å². The third kappa shape index (κ3) is 5.96. The van der Waals surface area contributed by atoms with Crippen LogP contribution in [-0.2, 0) is 16.1 Å². The molecule has 0 saturated carbocycles. The normalized spacial score (nSPS) is 10.2. The fourth-order valence-corrected chi connectivity index (χ4v) is 1.46. The Morgan fingerprint density at radius 2 is 2.26 bits per heavy atom. The van der Waals surface area contributed by atoms with Gasteiger partial charge in [-0.1, -0.05) is 0 Å². The smallest absolute Gasteiger partial charge is 0.335 e. The number of carboxylic acids is 1. The van der Waals surface area contributed by atoms with Crippen LogP contribution < -0.4 is 5.32 Å². The Balaban J connectivity index is 2.33. The number of carbonyl (C=O) groups is 2. The summed E-state index contributed by atoms with van der Waals surface area (Å²) in [6, 6.07) is 2.86. The van der Waals surface area contributed by atoms with Crippen molar-refractivity contribution < 1.29 is 19.4 Å². The summed E-state index contributed by atoms with van der Waals surface area (Å²) >= 11 is 0. The molecule has 1 heterocycles. The first-order valence-corrected chi connectivity index (χ1v) is 6.16. The van der Waals surface area contributed by atoms with Gasteiger partial charge in [0.25, 0.3) is 0 Å². The largest absolute Gasteiger partial charge is 0.478 e. The number of carboxylic acid groups (broad SMARTS) is 1. The summed E-state index contributed by atoms with van der Waals surface area (Å²) in [7, 11) is 0. The molecule has 0 aromatic carbocycles. The lowest BCUT2D eigenvalue weighted by Gasteiger charge is -2.05. The van der Waals surface area contributed by atoms with Gasteiger partial charge in [-0.2, -0.15) is 0 Å². The van der Waals surface area contributed by atoms with Crippen LogP contribution in [-0.4, -0.2) is 35.2 Å². The Labute approximate surface area is 111 Å². The van der Waals surface area contributed by atoms with Crippen LogP contribution in [0.5, 0.6) is 0 Å². The first-order chi connectivity index (χ1) is 9.13. The fraction of sp³-hybridized carbons (Fsp3) is 0.462. The van der Waals surface area contributed by atoms with E-state index in [9.17, 15) is 9.59 Å². The second-order valence-electron chi connectivity index (χ2n) is 3.92. The summed E-state index contributed by atoms with van der Waals surface area (Å²) in [4.78, 5) is 26.3. The number of aromatic nitrogens is 1. The lowest BCUT2D eigenvalue weighted by molar-refractivity contribution is -0.121. The summed E-state index contributed by atoms with van der Waals surface area (Å²) < 4.78 is 5.13. The van der Waals surface area contributed by atoms with Gasteiger partial charge < -0.3 is 15.2 Å². The number of hydrogen-bond acceptors (Lipinski definition) is 4. The standard InChI is InChI=1S/C13H18N2O4/c1-2-19-7-3-4-12(16)15-9-11-8-10(13(17)18)5-6-14-11/h5-6,8H,2-4,7,9H2,1H3,(H,15,16)(H,17,18). The average Bonchev–Trinajstić information content (AvgIpc) is 2.41. The van der Waals surface area contributed by atoms with Gasteiger partial charge in [0.2, 0.25) is 5.91 Å². The van der Waals surface area contributed by atoms with Gasteiger partial charge in [-0.15, -0.1) is 0 Å². The number of carbonyl (C=O) groups excluding carboxylic acids is 1. The minimum atomic E-state index is -1.01. The van der Waals surface area contributed by atoms with Crippen molar-refractivity contribution in [3.05, 3.63) is 29.6 Å². The maximum Gasteiger partial charge on any atom is 0.335 e. The molecule has 0 fully saturated rings. The van der Waals surface area contributed by atoms with E-state index in [1.807, 2.05) is 6.92 Å². The third-order valence-electron chi connectivity index (χ3n) is 2.43. The number of amides is 1. The number of rotatable bonds is 8. The van der Waals surface area contributed by atoms with E-state index in [0.29, 0.717) is 31.7 Å². The lowest BCUT2D eigenvalue weighted by atomic mass is 10.2. The van der Waals surface area contributed by atoms with Gasteiger partial charge >= 0.3 is 5.97 Å². The molecule has 0 unspecified atom stereocenters. The molecule has 0 atom stereocenters. The van der Waals surface area contributed by atoms with Gasteiger partial charge in [0.1, 0.15) is 0 Å². The predicted molar refractivity (Wildman–Crippen MR) is 68.8 cm³/mol. The van der Waals surface area contributed by atoms with Crippen LogP contribution in [0.1, 0.15) is 35.8 Å². The van der Waals surface area contributed by atoms with Gasteiger partial charge in [0.15, 0.2) is 0 Å². The first-order valence-electron chi connectivity index (χ1n) is 6.16. The Morgan fingerprint density at radius 3 is 2.95 bits per heavy atom. The van der Waals surface area contributed by atoms with Crippen molar-refractivity contribution in [3.8, 4) is 0 Å². The van der Waals surface area contributed by atoms with Gasteiger partial charge in [-0.05, 0) is 25.5 Å². The predicted octanol–water partition coefficient (Wildman–Crippen LogP) is 1.21. The molecule has 6 nitrogen and oxygen atoms in total. The Kier molecular flexibility index (Phi) is 6.52. The molecule has 0 bridgehead atoms. The molecule has 0 saturated heterocycles. The SMILES string of the molecule is CCOCCCC(=O)NCc1cc(C(=O)O)ccn1. The summed E-state index contributed by atoms with van der Waals surface area (Å²) in [6.45, 7) is 3.35. The third-order valence-corrected chi connectivity index (χ3v) is 2.43. The molecule has 0 aliphatic carbocycles. The van der Waals surface area contributed by atoms with E-state index in [1.165, 1.54) is 18.3 Å². The van der Waals surface area contributed by atoms with Crippen molar-refractivity contribution in [1.29, 1.82) is 0 Å². The first kappa shape index (κ1) is 15.1. The molecule has 104 valence electrons. The van der Waals surface area contributed by atoms with E-state index < -0.39 is 5.97 Å². The van der Waals surface area contributed by atoms with E-state index >= 15 is 0 Å². The van der Waals surface area contributed by atoms with Crippen molar-refractivity contribution in [2.45, 2.75) is 26.3 Å². The molecule has 2 N–H and O–H groups in total. The number of nitrogens with zero attached hydrogens (tertiary/aromatic N) is 1. The molecule has 1 aromatic heterocycles. The zero-order valence-electron chi connectivity index (χ0n) is 10.9. The molecule has 6 heteroatoms. The zero-order valence-corrected chi connectivity index (χ0v) is 10.9. The Bertz CT molecular complexity index is 434. The molecule has 0 spiro atoms. The highest BCUT2D eigenvalue weighted by atomic mass is 16.5. The molecule has 1 rings (SSSR count). The quantitative estimate of drug-likeness (QED) is 0.690. The Hall–Kier alpha value is -1.95. The summed E-state index contributed by atoms with van der Waals surface area (Å²) in [5.74, 6) is -1.10. The van der Waals surface area contributed by atoms with Crippen LogP contribution in [0.2, 0.25) is 0 Å². The summed E-state index contributed by atoms with van der Waals surface area (Å²) in [5.41, 5.74) is 0.689. The maximum absolute atomic E-state index is 11.5. The van der Waals surface area contributed by atoms with Crippen LogP contribution in [0, 0.1) is 0 Å². The fourth-order valence-electron chi connectivity index (χ4n) is 1.46. The van der Waals surface area contributed by atoms with Gasteiger partial charge in [0, 0.05) is 25.8 Å². The van der Waals surface area contributed by atoms with E-state index in [2.05, 4.69) is 10.3 Å². The highest BCUT2D eigenvalue weighted by molar-refractivity contribution is 5.87. The second kappa shape index (κ2) is 8.20. The minimum absolute atomic E-state index is 0.0952. The minimum Gasteiger partial charge on any atom is -0.478 e. The van der Waals surface area contributed by atoms with Gasteiger partial charge in [-0.3, -0.25) is 9.78 Å². The van der Waals surface area contributed by atoms with Crippen LogP contribution in [0.3, 0.4) is 0 Å². The number of aromatic carboxylic acids is 1. The highest BCUT2D eigenvalue weighted by Crippen LogP contribution is 2.02. The molecule has 1 amide bonds. The van der Waals surface area contributed by atoms with Gasteiger partial charge in [0.05, 0.1) is 17.8 Å². The van der Waals surface area contributed by atoms with E-state index in [1.54, 1.807) is 0 Å². The number of hydrogen-bond donors (Lipinski definition) is 2. The van der Waals surface area contributed by atoms with E-state index in [0.717, 1.165) is 0 Å². The summed E-state index contributed by atoms with van der Waals surface area (Å²) in [5, 5.41) is 11.5. The summed E-state index contributed by atoms with van der Waals surface area (Å²) in [6.07, 6.45) is 2.47. The second-order valence-corrected chi connectivity index (χ2v) is 3.92. The zero-order chi connectivity index (χ0) is 14.1. The molecular formula is C13H18N2O4. The Morgan fingerprint density at radius 1 is 1.47 bits per heavy atom. The lowest BCUT2D eigenvalue weighted by Crippen LogP contribution is -2.23. The molecule has 0 aliphatic rings. The topological polar surface area (TPSA) is 88.5 Å². The van der Waals surface area contributed by atoms with Crippen LogP contribution in [0.15, 0.2) is 18.3 Å². The molecule has 19 heavy (non-hydrogen) atoms. The van der Waals surface area contributed by atoms with Crippen LogP contribution >= 0.6 is 0 Å². The number of ether oxygens (including phenoxy) is 1. The van der Waals surface area contributed by atoms with Crippen LogP contribution in [0.4, 0.5) is 0 Å². The maximum atomic E-state index is 11.5. The average molecular weight is 266 g/mol. The van der Waals surface area contributed by atoms with Crippen molar-refractivity contribution >= 4 is 11.9 Å². The monoisotopic (exact) mass is 266 g/mol. The molecule has 0 aliphatic heterocycles. The molecule has 1 aromatic rings. The van der Waals surface area contributed by atoms with Crippen LogP contribution in [0.25, 0.3) is 0 Å². The molecular weight excluding hydrogens is 248 g/mol. The van der Waals surface area contributed by atoms with Crippen molar-refractivity contribution in [2.75, 3.05) is 13.2 Å². The van der Waals surface area contributed by atoms with Crippen molar-refractivity contribution in [1.82, 2.24) is 10.3 Å².